The van der Waals surface area contributed by atoms with Gasteiger partial charge in [0.1, 0.15) is 29.5 Å². The van der Waals surface area contributed by atoms with Gasteiger partial charge < -0.3 is 9.52 Å². The number of furan rings is 1. The van der Waals surface area contributed by atoms with E-state index in [1.54, 1.807) is 11.5 Å². The van der Waals surface area contributed by atoms with Crippen LogP contribution in [0.4, 0.5) is 0 Å². The number of carbonyl (C=O) groups is 1. The maximum absolute atomic E-state index is 12.3. The van der Waals surface area contributed by atoms with Crippen LogP contribution in [0, 0.1) is 6.92 Å². The highest BCUT2D eigenvalue weighted by atomic mass is 16.4. The number of nitrogens with zero attached hydrogens (tertiary/aromatic N) is 3. The Labute approximate surface area is 120 Å². The molecule has 0 fully saturated rings. The molecule has 2 aromatic heterocycles. The highest BCUT2D eigenvalue weighted by molar-refractivity contribution is 5.88. The Morgan fingerprint density at radius 3 is 2.95 bits per heavy atom. The molecule has 0 aliphatic carbocycles. The second kappa shape index (κ2) is 5.23. The van der Waals surface area contributed by atoms with Gasteiger partial charge in [-0.25, -0.2) is 14.3 Å². The molecule has 2 aromatic rings. The van der Waals surface area contributed by atoms with Crippen molar-refractivity contribution in [1.29, 1.82) is 0 Å². The number of hydrogen-bond acceptors (Lipinski definition) is 4. The number of carboxylic acids is 1. The van der Waals surface area contributed by atoms with Gasteiger partial charge in [0, 0.05) is 13.0 Å². The second-order valence-electron chi connectivity index (χ2n) is 5.31. The molecule has 0 saturated heterocycles. The van der Waals surface area contributed by atoms with E-state index >= 15 is 0 Å². The first-order valence-electron chi connectivity index (χ1n) is 7.05. The van der Waals surface area contributed by atoms with Gasteiger partial charge in [0.2, 0.25) is 0 Å². The number of aromatic nitrogens is 3. The van der Waals surface area contributed by atoms with Crippen molar-refractivity contribution in [3.05, 3.63) is 39.5 Å². The first kappa shape index (κ1) is 13.7. The smallest absolute Gasteiger partial charge is 0.346 e. The zero-order chi connectivity index (χ0) is 15.0. The first-order chi connectivity index (χ1) is 10.1. The lowest BCUT2D eigenvalue weighted by Gasteiger charge is -1.97. The fourth-order valence-corrected chi connectivity index (χ4v) is 2.71. The Kier molecular flexibility index (Phi) is 3.40. The molecule has 0 saturated carbocycles. The van der Waals surface area contributed by atoms with Gasteiger partial charge in [0.15, 0.2) is 0 Å². The van der Waals surface area contributed by atoms with Crippen LogP contribution < -0.4 is 5.69 Å². The average molecular weight is 291 g/mol. The van der Waals surface area contributed by atoms with E-state index in [9.17, 15) is 9.59 Å². The fourth-order valence-electron chi connectivity index (χ4n) is 2.71. The lowest BCUT2D eigenvalue weighted by Crippen LogP contribution is -2.25. The molecule has 3 heterocycles. The molecular weight excluding hydrogens is 274 g/mol. The van der Waals surface area contributed by atoms with Gasteiger partial charge in [-0.2, -0.15) is 5.10 Å². The highest BCUT2D eigenvalue weighted by Crippen LogP contribution is 2.16. The molecule has 3 rings (SSSR count). The number of aromatic carboxylic acids is 1. The summed E-state index contributed by atoms with van der Waals surface area (Å²) >= 11 is 0. The monoisotopic (exact) mass is 291 g/mol. The number of carboxylic acid groups (broad SMARTS) is 1. The molecule has 1 N–H and O–H groups in total. The van der Waals surface area contributed by atoms with E-state index in [0.29, 0.717) is 18.1 Å². The summed E-state index contributed by atoms with van der Waals surface area (Å²) in [6, 6.07) is 1.45. The van der Waals surface area contributed by atoms with Gasteiger partial charge in [0.05, 0.1) is 0 Å². The third-order valence-electron chi connectivity index (χ3n) is 3.79. The van der Waals surface area contributed by atoms with Crippen molar-refractivity contribution in [2.24, 2.45) is 0 Å². The van der Waals surface area contributed by atoms with Crippen LogP contribution in [0.3, 0.4) is 0 Å². The summed E-state index contributed by atoms with van der Waals surface area (Å²) in [4.78, 5) is 23.3. The maximum Gasteiger partial charge on any atom is 0.346 e. The fraction of sp³-hybridized carbons (Fsp3) is 0.500. The Bertz CT molecular complexity index is 738. The van der Waals surface area contributed by atoms with Gasteiger partial charge in [-0.05, 0) is 25.8 Å². The minimum Gasteiger partial charge on any atom is -0.478 e. The summed E-state index contributed by atoms with van der Waals surface area (Å²) in [7, 11) is 0. The van der Waals surface area contributed by atoms with Crippen molar-refractivity contribution in [3.8, 4) is 0 Å². The number of fused-ring (bicyclic) bond motifs is 1. The summed E-state index contributed by atoms with van der Waals surface area (Å²) < 4.78 is 8.46. The Hall–Kier alpha value is -2.31. The molecule has 0 bridgehead atoms. The quantitative estimate of drug-likeness (QED) is 0.923. The van der Waals surface area contributed by atoms with Crippen molar-refractivity contribution in [3.63, 3.8) is 0 Å². The zero-order valence-electron chi connectivity index (χ0n) is 11.8. The van der Waals surface area contributed by atoms with Crippen LogP contribution in [-0.4, -0.2) is 25.4 Å². The minimum absolute atomic E-state index is 0.124. The van der Waals surface area contributed by atoms with Crippen molar-refractivity contribution in [1.82, 2.24) is 14.3 Å². The van der Waals surface area contributed by atoms with Crippen molar-refractivity contribution < 1.29 is 14.3 Å². The molecular formula is C14H17N3O4. The third-order valence-corrected chi connectivity index (χ3v) is 3.79. The van der Waals surface area contributed by atoms with Crippen molar-refractivity contribution >= 4 is 5.97 Å². The molecule has 112 valence electrons. The topological polar surface area (TPSA) is 90.3 Å². The Balaban J connectivity index is 1.90. The maximum atomic E-state index is 12.3. The van der Waals surface area contributed by atoms with Gasteiger partial charge in [-0.15, -0.1) is 0 Å². The molecule has 0 spiro atoms. The average Bonchev–Trinajstić information content (AvgIpc) is 2.82. The van der Waals surface area contributed by atoms with Gasteiger partial charge in [-0.1, -0.05) is 6.42 Å². The van der Waals surface area contributed by atoms with Gasteiger partial charge in [-0.3, -0.25) is 4.57 Å². The van der Waals surface area contributed by atoms with E-state index in [2.05, 4.69) is 5.10 Å². The van der Waals surface area contributed by atoms with Crippen LogP contribution in [0.15, 0.2) is 15.3 Å². The van der Waals surface area contributed by atoms with Crippen molar-refractivity contribution in [2.75, 3.05) is 0 Å². The summed E-state index contributed by atoms with van der Waals surface area (Å²) in [5.41, 5.74) is -0.0309. The molecule has 0 unspecified atom stereocenters. The summed E-state index contributed by atoms with van der Waals surface area (Å²) in [6.45, 7) is 2.46. The predicted octanol–water partition coefficient (Wildman–Crippen LogP) is 1.42. The molecule has 7 nitrogen and oxygen atoms in total. The van der Waals surface area contributed by atoms with Crippen LogP contribution in [0.5, 0.6) is 0 Å². The minimum atomic E-state index is -1.03. The van der Waals surface area contributed by atoms with Gasteiger partial charge >= 0.3 is 11.7 Å². The second-order valence-corrected chi connectivity index (χ2v) is 5.31. The van der Waals surface area contributed by atoms with E-state index in [4.69, 9.17) is 9.52 Å². The van der Waals surface area contributed by atoms with Crippen molar-refractivity contribution in [2.45, 2.75) is 45.7 Å². The largest absolute Gasteiger partial charge is 0.478 e. The van der Waals surface area contributed by atoms with E-state index in [-0.39, 0.29) is 17.8 Å². The van der Waals surface area contributed by atoms with Crippen LogP contribution in [0.1, 0.15) is 47.0 Å². The standard InChI is InChI=1S/C14H17N3O4/c1-9-11(13(18)19)7-10(21-9)8-17-14(20)16-6-4-2-3-5-12(16)15-17/h7H,2-6,8H2,1H3,(H,18,19). The number of rotatable bonds is 3. The SMILES string of the molecule is Cc1oc(Cn2nc3n(c2=O)CCCCC3)cc1C(=O)O. The van der Waals surface area contributed by atoms with E-state index in [1.807, 2.05) is 0 Å². The van der Waals surface area contributed by atoms with Crippen LogP contribution in [0.25, 0.3) is 0 Å². The lowest BCUT2D eigenvalue weighted by molar-refractivity contribution is 0.0695. The van der Waals surface area contributed by atoms with Crippen LogP contribution in [0.2, 0.25) is 0 Å². The predicted molar refractivity (Wildman–Crippen MR) is 73.5 cm³/mol. The zero-order valence-corrected chi connectivity index (χ0v) is 11.8. The third kappa shape index (κ3) is 2.51. The lowest BCUT2D eigenvalue weighted by atomic mass is 10.2. The number of hydrogen-bond donors (Lipinski definition) is 1. The molecule has 1 aliphatic heterocycles. The van der Waals surface area contributed by atoms with E-state index in [0.717, 1.165) is 31.5 Å². The molecule has 0 amide bonds. The molecule has 21 heavy (non-hydrogen) atoms. The molecule has 0 atom stereocenters. The summed E-state index contributed by atoms with van der Waals surface area (Å²) in [6.07, 6.45) is 3.95. The molecule has 0 aromatic carbocycles. The number of aryl methyl sites for hydroxylation is 2. The van der Waals surface area contributed by atoms with Crippen LogP contribution in [-0.2, 0) is 19.5 Å². The molecule has 1 aliphatic rings. The van der Waals surface area contributed by atoms with E-state index < -0.39 is 5.97 Å². The highest BCUT2D eigenvalue weighted by Gasteiger charge is 2.18. The molecule has 7 heteroatoms. The molecule has 0 radical (unpaired) electrons. The normalized spacial score (nSPS) is 14.7. The summed E-state index contributed by atoms with van der Waals surface area (Å²) in [5, 5.41) is 13.4. The Morgan fingerprint density at radius 2 is 2.24 bits per heavy atom. The van der Waals surface area contributed by atoms with E-state index in [1.165, 1.54) is 10.7 Å². The van der Waals surface area contributed by atoms with Crippen LogP contribution >= 0.6 is 0 Å². The Morgan fingerprint density at radius 1 is 1.43 bits per heavy atom. The van der Waals surface area contributed by atoms with Gasteiger partial charge in [0.25, 0.3) is 0 Å². The first-order valence-corrected chi connectivity index (χ1v) is 7.05. The summed E-state index contributed by atoms with van der Waals surface area (Å²) in [5.74, 6) is 0.543.